The molecule has 1 aliphatic heterocycles. The number of aromatic nitrogens is 3. The molecule has 1 saturated heterocycles. The SMILES string of the molecule is CC(C)n1c(CN)nnc1SCC1CCOCO1. The van der Waals surface area contributed by atoms with Crippen LogP contribution in [0.5, 0.6) is 0 Å². The second kappa shape index (κ2) is 6.51. The first kappa shape index (κ1) is 13.8. The van der Waals surface area contributed by atoms with Crippen LogP contribution in [-0.2, 0) is 16.0 Å². The Kier molecular flexibility index (Phi) is 4.99. The maximum absolute atomic E-state index is 5.67. The summed E-state index contributed by atoms with van der Waals surface area (Å²) in [6.45, 7) is 5.81. The summed E-state index contributed by atoms with van der Waals surface area (Å²) >= 11 is 1.67. The van der Waals surface area contributed by atoms with Gasteiger partial charge in [-0.05, 0) is 20.3 Å². The van der Waals surface area contributed by atoms with E-state index in [1.54, 1.807) is 11.8 Å². The van der Waals surface area contributed by atoms with E-state index in [1.165, 1.54) is 0 Å². The number of nitrogens with zero attached hydrogens (tertiary/aromatic N) is 3. The molecule has 0 aliphatic carbocycles. The lowest BCUT2D eigenvalue weighted by Gasteiger charge is -2.22. The lowest BCUT2D eigenvalue weighted by Crippen LogP contribution is -2.25. The van der Waals surface area contributed by atoms with E-state index in [9.17, 15) is 0 Å². The van der Waals surface area contributed by atoms with Crippen molar-refractivity contribution in [2.24, 2.45) is 5.73 Å². The van der Waals surface area contributed by atoms with Crippen LogP contribution in [0.25, 0.3) is 0 Å². The first-order valence-corrected chi connectivity index (χ1v) is 7.17. The molecule has 2 heterocycles. The molecular formula is C11H20N4O2S. The van der Waals surface area contributed by atoms with Gasteiger partial charge < -0.3 is 19.8 Å². The topological polar surface area (TPSA) is 75.2 Å². The fraction of sp³-hybridized carbons (Fsp3) is 0.818. The first-order valence-electron chi connectivity index (χ1n) is 6.18. The number of nitrogens with two attached hydrogens (primary N) is 1. The molecule has 1 atom stereocenters. The highest BCUT2D eigenvalue weighted by Gasteiger charge is 2.18. The maximum Gasteiger partial charge on any atom is 0.191 e. The Balaban J connectivity index is 1.97. The minimum atomic E-state index is 0.238. The summed E-state index contributed by atoms with van der Waals surface area (Å²) in [7, 11) is 0. The van der Waals surface area contributed by atoms with Gasteiger partial charge in [-0.15, -0.1) is 10.2 Å². The van der Waals surface area contributed by atoms with Gasteiger partial charge in [0.05, 0.1) is 19.3 Å². The molecule has 0 saturated carbocycles. The van der Waals surface area contributed by atoms with Crippen molar-refractivity contribution in [1.82, 2.24) is 14.8 Å². The third kappa shape index (κ3) is 3.23. The van der Waals surface area contributed by atoms with E-state index in [2.05, 4.69) is 28.6 Å². The van der Waals surface area contributed by atoms with Gasteiger partial charge in [0.2, 0.25) is 0 Å². The summed E-state index contributed by atoms with van der Waals surface area (Å²) in [4.78, 5) is 0. The maximum atomic E-state index is 5.67. The Morgan fingerprint density at radius 3 is 2.94 bits per heavy atom. The minimum Gasteiger partial charge on any atom is -0.355 e. The molecule has 18 heavy (non-hydrogen) atoms. The van der Waals surface area contributed by atoms with E-state index in [0.717, 1.165) is 29.8 Å². The fourth-order valence-corrected chi connectivity index (χ4v) is 3.02. The summed E-state index contributed by atoms with van der Waals surface area (Å²) in [5, 5.41) is 9.24. The highest BCUT2D eigenvalue weighted by Crippen LogP contribution is 2.24. The minimum absolute atomic E-state index is 0.238. The van der Waals surface area contributed by atoms with Crippen molar-refractivity contribution in [2.75, 3.05) is 19.2 Å². The predicted molar refractivity (Wildman–Crippen MR) is 69.3 cm³/mol. The summed E-state index contributed by atoms with van der Waals surface area (Å²) in [5.41, 5.74) is 5.67. The van der Waals surface area contributed by atoms with Gasteiger partial charge in [0, 0.05) is 11.8 Å². The van der Waals surface area contributed by atoms with Crippen LogP contribution in [0.4, 0.5) is 0 Å². The molecule has 102 valence electrons. The van der Waals surface area contributed by atoms with Crippen LogP contribution in [0.15, 0.2) is 5.16 Å². The molecule has 0 aromatic carbocycles. The van der Waals surface area contributed by atoms with Crippen molar-refractivity contribution in [3.63, 3.8) is 0 Å². The molecule has 1 fully saturated rings. The highest BCUT2D eigenvalue weighted by atomic mass is 32.2. The molecular weight excluding hydrogens is 252 g/mol. The van der Waals surface area contributed by atoms with Crippen molar-refractivity contribution >= 4 is 11.8 Å². The van der Waals surface area contributed by atoms with E-state index < -0.39 is 0 Å². The molecule has 0 spiro atoms. The van der Waals surface area contributed by atoms with Crippen molar-refractivity contribution in [3.05, 3.63) is 5.82 Å². The fourth-order valence-electron chi connectivity index (χ4n) is 1.86. The van der Waals surface area contributed by atoms with Crippen LogP contribution >= 0.6 is 11.8 Å². The summed E-state index contributed by atoms with van der Waals surface area (Å²) in [5.74, 6) is 1.71. The zero-order valence-electron chi connectivity index (χ0n) is 10.8. The van der Waals surface area contributed by atoms with Crippen LogP contribution in [-0.4, -0.2) is 40.0 Å². The first-order chi connectivity index (χ1) is 8.72. The summed E-state index contributed by atoms with van der Waals surface area (Å²) < 4.78 is 12.7. The van der Waals surface area contributed by atoms with Gasteiger partial charge in [-0.1, -0.05) is 11.8 Å². The molecule has 7 heteroatoms. The monoisotopic (exact) mass is 272 g/mol. The normalized spacial score (nSPS) is 20.6. The Morgan fingerprint density at radius 2 is 2.33 bits per heavy atom. The van der Waals surface area contributed by atoms with Crippen molar-refractivity contribution in [2.45, 2.75) is 44.1 Å². The Labute approximate surface area is 111 Å². The third-order valence-electron chi connectivity index (χ3n) is 2.80. The third-order valence-corrected chi connectivity index (χ3v) is 3.88. The van der Waals surface area contributed by atoms with Gasteiger partial charge in [-0.25, -0.2) is 0 Å². The summed E-state index contributed by atoms with van der Waals surface area (Å²) in [6, 6.07) is 0.316. The number of hydrogen-bond acceptors (Lipinski definition) is 6. The van der Waals surface area contributed by atoms with Gasteiger partial charge >= 0.3 is 0 Å². The average molecular weight is 272 g/mol. The van der Waals surface area contributed by atoms with Crippen LogP contribution in [0.3, 0.4) is 0 Å². The lowest BCUT2D eigenvalue weighted by molar-refractivity contribution is -0.130. The number of rotatable bonds is 5. The van der Waals surface area contributed by atoms with E-state index in [1.807, 2.05) is 0 Å². The molecule has 1 unspecified atom stereocenters. The smallest absolute Gasteiger partial charge is 0.191 e. The second-order valence-corrected chi connectivity index (χ2v) is 5.47. The molecule has 0 radical (unpaired) electrons. The standard InChI is InChI=1S/C11H20N4O2S/c1-8(2)15-10(5-12)13-14-11(15)18-6-9-3-4-16-7-17-9/h8-9H,3-7,12H2,1-2H3. The Hall–Kier alpha value is -0.630. The Bertz CT molecular complexity index is 377. The zero-order valence-corrected chi connectivity index (χ0v) is 11.7. The van der Waals surface area contributed by atoms with Crippen LogP contribution in [0.1, 0.15) is 32.1 Å². The Morgan fingerprint density at radius 1 is 1.50 bits per heavy atom. The molecule has 0 amide bonds. The van der Waals surface area contributed by atoms with Gasteiger partial charge in [-0.2, -0.15) is 0 Å². The van der Waals surface area contributed by atoms with Crippen molar-refractivity contribution in [3.8, 4) is 0 Å². The number of ether oxygens (including phenoxy) is 2. The van der Waals surface area contributed by atoms with Gasteiger partial charge in [0.15, 0.2) is 5.16 Å². The highest BCUT2D eigenvalue weighted by molar-refractivity contribution is 7.99. The van der Waals surface area contributed by atoms with Gasteiger partial charge in [0.1, 0.15) is 12.6 Å². The van der Waals surface area contributed by atoms with Crippen LogP contribution < -0.4 is 5.73 Å². The predicted octanol–water partition coefficient (Wildman–Crippen LogP) is 1.17. The van der Waals surface area contributed by atoms with E-state index >= 15 is 0 Å². The molecule has 1 aliphatic rings. The largest absolute Gasteiger partial charge is 0.355 e. The van der Waals surface area contributed by atoms with Gasteiger partial charge in [-0.3, -0.25) is 0 Å². The lowest BCUT2D eigenvalue weighted by atomic mass is 10.3. The van der Waals surface area contributed by atoms with Crippen molar-refractivity contribution in [1.29, 1.82) is 0 Å². The van der Waals surface area contributed by atoms with Gasteiger partial charge in [0.25, 0.3) is 0 Å². The van der Waals surface area contributed by atoms with Crippen molar-refractivity contribution < 1.29 is 9.47 Å². The molecule has 2 N–H and O–H groups in total. The quantitative estimate of drug-likeness (QED) is 0.811. The molecule has 6 nitrogen and oxygen atoms in total. The van der Waals surface area contributed by atoms with E-state index in [0.29, 0.717) is 19.4 Å². The summed E-state index contributed by atoms with van der Waals surface area (Å²) in [6.07, 6.45) is 1.18. The van der Waals surface area contributed by atoms with E-state index in [4.69, 9.17) is 15.2 Å². The molecule has 0 bridgehead atoms. The average Bonchev–Trinajstić information content (AvgIpc) is 2.80. The second-order valence-electron chi connectivity index (χ2n) is 4.48. The molecule has 1 aromatic rings. The van der Waals surface area contributed by atoms with Crippen LogP contribution in [0, 0.1) is 0 Å². The van der Waals surface area contributed by atoms with Crippen LogP contribution in [0.2, 0.25) is 0 Å². The number of hydrogen-bond donors (Lipinski definition) is 1. The van der Waals surface area contributed by atoms with E-state index in [-0.39, 0.29) is 6.10 Å². The number of thioether (sulfide) groups is 1. The molecule has 2 rings (SSSR count). The zero-order chi connectivity index (χ0) is 13.0. The molecule has 1 aromatic heterocycles.